The van der Waals surface area contributed by atoms with Crippen LogP contribution in [0.15, 0.2) is 42.5 Å². The molecule has 3 unspecified atom stereocenters. The third kappa shape index (κ3) is 3.90. The van der Waals surface area contributed by atoms with E-state index in [4.69, 9.17) is 19.9 Å². The molecule has 3 atom stereocenters. The molecule has 0 spiro atoms. The zero-order chi connectivity index (χ0) is 20.4. The van der Waals surface area contributed by atoms with E-state index in [2.05, 4.69) is 29.2 Å². The van der Waals surface area contributed by atoms with Gasteiger partial charge in [-0.3, -0.25) is 4.90 Å². The van der Waals surface area contributed by atoms with Gasteiger partial charge < -0.3 is 19.9 Å². The van der Waals surface area contributed by atoms with Gasteiger partial charge in [0.05, 0.1) is 32.1 Å². The molecule has 2 fully saturated rings. The minimum Gasteiger partial charge on any atom is -0.493 e. The molecule has 0 amide bonds. The van der Waals surface area contributed by atoms with Crippen molar-refractivity contribution in [2.24, 2.45) is 11.8 Å². The summed E-state index contributed by atoms with van der Waals surface area (Å²) in [5.41, 5.74) is 8.00. The first-order valence-corrected chi connectivity index (χ1v) is 10.1. The van der Waals surface area contributed by atoms with Crippen LogP contribution in [0.2, 0.25) is 0 Å². The Bertz CT molecular complexity index is 871. The molecule has 1 heterocycles. The summed E-state index contributed by atoms with van der Waals surface area (Å²) in [6.45, 7) is 2.45. The minimum absolute atomic E-state index is 0.314. The van der Waals surface area contributed by atoms with E-state index in [1.165, 1.54) is 26.2 Å². The Labute approximate surface area is 171 Å². The van der Waals surface area contributed by atoms with Gasteiger partial charge in [-0.1, -0.05) is 30.3 Å². The molecule has 0 radical (unpaired) electrons. The Morgan fingerprint density at radius 2 is 1.83 bits per heavy atom. The SMILES string of the molecule is COc1cc(N)c(C(=O)OCC2C3CCC2N(Cc2ccccc2)C3)cc1OC. The Kier molecular flexibility index (Phi) is 5.62. The molecular weight excluding hydrogens is 368 g/mol. The molecule has 1 saturated heterocycles. The molecule has 2 N–H and O–H groups in total. The third-order valence-corrected chi connectivity index (χ3v) is 6.28. The molecule has 154 valence electrons. The number of hydrogen-bond acceptors (Lipinski definition) is 6. The molecule has 2 aliphatic rings. The number of nitrogen functional groups attached to an aromatic ring is 1. The van der Waals surface area contributed by atoms with E-state index in [-0.39, 0.29) is 0 Å². The lowest BCUT2D eigenvalue weighted by molar-refractivity contribution is 0.0409. The number of fused-ring (bicyclic) bond motifs is 2. The second-order valence-electron chi connectivity index (χ2n) is 7.88. The van der Waals surface area contributed by atoms with Crippen LogP contribution < -0.4 is 15.2 Å². The van der Waals surface area contributed by atoms with E-state index in [0.717, 1.165) is 19.5 Å². The zero-order valence-corrected chi connectivity index (χ0v) is 17.0. The predicted molar refractivity (Wildman–Crippen MR) is 111 cm³/mol. The van der Waals surface area contributed by atoms with Crippen LogP contribution in [-0.4, -0.2) is 44.3 Å². The maximum absolute atomic E-state index is 12.7. The average Bonchev–Trinajstić information content (AvgIpc) is 3.29. The summed E-state index contributed by atoms with van der Waals surface area (Å²) < 4.78 is 16.2. The van der Waals surface area contributed by atoms with Crippen LogP contribution in [0.4, 0.5) is 5.69 Å². The Hall–Kier alpha value is -2.73. The number of piperidine rings is 1. The molecule has 29 heavy (non-hydrogen) atoms. The quantitative estimate of drug-likeness (QED) is 0.571. The van der Waals surface area contributed by atoms with Crippen molar-refractivity contribution in [3.63, 3.8) is 0 Å². The van der Waals surface area contributed by atoms with Gasteiger partial charge in [-0.15, -0.1) is 0 Å². The number of likely N-dealkylation sites (tertiary alicyclic amines) is 1. The fraction of sp³-hybridized carbons (Fsp3) is 0.435. The number of methoxy groups -OCH3 is 2. The van der Waals surface area contributed by atoms with Crippen LogP contribution in [0.1, 0.15) is 28.8 Å². The van der Waals surface area contributed by atoms with Crippen molar-refractivity contribution in [2.45, 2.75) is 25.4 Å². The predicted octanol–water partition coefficient (Wildman–Crippen LogP) is 3.35. The van der Waals surface area contributed by atoms with Gasteiger partial charge in [0.2, 0.25) is 0 Å². The topological polar surface area (TPSA) is 74.0 Å². The van der Waals surface area contributed by atoms with Crippen molar-refractivity contribution in [1.82, 2.24) is 4.90 Å². The highest BCUT2D eigenvalue weighted by Gasteiger charge is 2.47. The van der Waals surface area contributed by atoms with Gasteiger partial charge >= 0.3 is 5.97 Å². The normalized spacial score (nSPS) is 23.2. The lowest BCUT2D eigenvalue weighted by Crippen LogP contribution is -2.33. The van der Waals surface area contributed by atoms with Crippen molar-refractivity contribution in [1.29, 1.82) is 0 Å². The number of ether oxygens (including phenoxy) is 3. The molecule has 6 nitrogen and oxygen atoms in total. The van der Waals surface area contributed by atoms with Crippen LogP contribution >= 0.6 is 0 Å². The van der Waals surface area contributed by atoms with Gasteiger partial charge in [0.15, 0.2) is 11.5 Å². The monoisotopic (exact) mass is 396 g/mol. The van der Waals surface area contributed by atoms with Gasteiger partial charge in [0, 0.05) is 37.2 Å². The summed E-state index contributed by atoms with van der Waals surface area (Å²) >= 11 is 0. The first-order valence-electron chi connectivity index (χ1n) is 10.1. The van der Waals surface area contributed by atoms with E-state index in [0.29, 0.717) is 47.2 Å². The molecule has 4 rings (SSSR count). The molecule has 1 aliphatic heterocycles. The van der Waals surface area contributed by atoms with Gasteiger partial charge in [0.25, 0.3) is 0 Å². The molecule has 1 aliphatic carbocycles. The second kappa shape index (κ2) is 8.33. The van der Waals surface area contributed by atoms with Crippen molar-refractivity contribution < 1.29 is 19.0 Å². The fourth-order valence-electron chi connectivity index (χ4n) is 4.81. The second-order valence-corrected chi connectivity index (χ2v) is 7.88. The lowest BCUT2D eigenvalue weighted by atomic mass is 9.99. The molecule has 0 aromatic heterocycles. The lowest BCUT2D eigenvalue weighted by Gasteiger charge is -2.27. The number of benzene rings is 2. The van der Waals surface area contributed by atoms with Crippen molar-refractivity contribution in [3.8, 4) is 11.5 Å². The largest absolute Gasteiger partial charge is 0.493 e. The number of esters is 1. The highest BCUT2D eigenvalue weighted by molar-refractivity contribution is 5.96. The van der Waals surface area contributed by atoms with Gasteiger partial charge in [-0.05, 0) is 24.3 Å². The number of rotatable bonds is 7. The first-order chi connectivity index (χ1) is 14.1. The van der Waals surface area contributed by atoms with Crippen LogP contribution in [0.5, 0.6) is 11.5 Å². The number of nitrogens with zero attached hydrogens (tertiary/aromatic N) is 1. The number of carbonyl (C=O) groups is 1. The molecule has 2 aromatic carbocycles. The van der Waals surface area contributed by atoms with Crippen LogP contribution in [0, 0.1) is 11.8 Å². The standard InChI is InChI=1S/C23H28N2O4/c1-27-21-10-17(19(24)11-22(21)28-2)23(26)29-14-18-16-8-9-20(18)25(13-16)12-15-6-4-3-5-7-15/h3-7,10-11,16,18,20H,8-9,12-14,24H2,1-2H3. The Morgan fingerprint density at radius 1 is 1.10 bits per heavy atom. The summed E-state index contributed by atoms with van der Waals surface area (Å²) in [6, 6.07) is 14.2. The van der Waals surface area contributed by atoms with Gasteiger partial charge in [0.1, 0.15) is 0 Å². The maximum Gasteiger partial charge on any atom is 0.340 e. The zero-order valence-electron chi connectivity index (χ0n) is 17.0. The molecule has 1 saturated carbocycles. The van der Waals surface area contributed by atoms with E-state index in [1.807, 2.05) is 6.07 Å². The highest BCUT2D eigenvalue weighted by Crippen LogP contribution is 2.43. The minimum atomic E-state index is -0.413. The number of hydrogen-bond donors (Lipinski definition) is 1. The third-order valence-electron chi connectivity index (χ3n) is 6.28. The van der Waals surface area contributed by atoms with Crippen LogP contribution in [-0.2, 0) is 11.3 Å². The summed E-state index contributed by atoms with van der Waals surface area (Å²) in [5.74, 6) is 1.50. The molecule has 2 aromatic rings. The number of carbonyl (C=O) groups excluding carboxylic acids is 1. The van der Waals surface area contributed by atoms with Crippen LogP contribution in [0.25, 0.3) is 0 Å². The summed E-state index contributed by atoms with van der Waals surface area (Å²) in [4.78, 5) is 15.2. The Balaban J connectivity index is 1.40. The van der Waals surface area contributed by atoms with Crippen molar-refractivity contribution >= 4 is 11.7 Å². The molecule has 2 bridgehead atoms. The summed E-state index contributed by atoms with van der Waals surface area (Å²) in [7, 11) is 3.06. The summed E-state index contributed by atoms with van der Waals surface area (Å²) in [5, 5.41) is 0. The highest BCUT2D eigenvalue weighted by atomic mass is 16.5. The van der Waals surface area contributed by atoms with Gasteiger partial charge in [-0.25, -0.2) is 4.79 Å². The number of nitrogens with two attached hydrogens (primary N) is 1. The maximum atomic E-state index is 12.7. The summed E-state index contributed by atoms with van der Waals surface area (Å²) in [6.07, 6.45) is 2.37. The Morgan fingerprint density at radius 3 is 2.55 bits per heavy atom. The van der Waals surface area contributed by atoms with E-state index >= 15 is 0 Å². The van der Waals surface area contributed by atoms with Gasteiger partial charge in [-0.2, -0.15) is 0 Å². The number of anilines is 1. The smallest absolute Gasteiger partial charge is 0.340 e. The molecular formula is C23H28N2O4. The van der Waals surface area contributed by atoms with E-state index in [1.54, 1.807) is 12.1 Å². The van der Waals surface area contributed by atoms with Crippen molar-refractivity contribution in [3.05, 3.63) is 53.6 Å². The van der Waals surface area contributed by atoms with E-state index < -0.39 is 5.97 Å². The fourth-order valence-corrected chi connectivity index (χ4v) is 4.81. The molecule has 6 heteroatoms. The van der Waals surface area contributed by atoms with Crippen molar-refractivity contribution in [2.75, 3.05) is 33.1 Å². The van der Waals surface area contributed by atoms with E-state index in [9.17, 15) is 4.79 Å². The average molecular weight is 396 g/mol. The van der Waals surface area contributed by atoms with Crippen LogP contribution in [0.3, 0.4) is 0 Å². The first kappa shape index (κ1) is 19.6.